The lowest BCUT2D eigenvalue weighted by Crippen LogP contribution is -2.20. The lowest BCUT2D eigenvalue weighted by atomic mass is 10.2. The van der Waals surface area contributed by atoms with E-state index >= 15 is 0 Å². The summed E-state index contributed by atoms with van der Waals surface area (Å²) >= 11 is 4.18. The van der Waals surface area contributed by atoms with Gasteiger partial charge in [0.2, 0.25) is 5.91 Å². The summed E-state index contributed by atoms with van der Waals surface area (Å²) in [5.74, 6) is 5.98. The van der Waals surface area contributed by atoms with Gasteiger partial charge < -0.3 is 5.32 Å². The van der Waals surface area contributed by atoms with Crippen LogP contribution in [-0.2, 0) is 4.79 Å². The molecule has 0 atom stereocenters. The van der Waals surface area contributed by atoms with Gasteiger partial charge >= 0.3 is 0 Å². The third-order valence-electron chi connectivity index (χ3n) is 1.72. The van der Waals surface area contributed by atoms with E-state index in [9.17, 15) is 4.79 Å². The molecule has 0 aromatic heterocycles. The predicted molar refractivity (Wildman–Crippen MR) is 63.9 cm³/mol. The Kier molecular flexibility index (Phi) is 4.79. The zero-order chi connectivity index (χ0) is 11.1. The van der Waals surface area contributed by atoms with E-state index in [4.69, 9.17) is 0 Å². The van der Waals surface area contributed by atoms with E-state index < -0.39 is 0 Å². The van der Waals surface area contributed by atoms with Gasteiger partial charge in [-0.25, -0.2) is 0 Å². The molecule has 0 aliphatic rings. The second-order valence-corrected chi connectivity index (χ2v) is 3.60. The molecular weight excluding hydrogens is 206 g/mol. The van der Waals surface area contributed by atoms with E-state index in [0.717, 1.165) is 10.5 Å². The number of hydrogen-bond acceptors (Lipinski definition) is 2. The third kappa shape index (κ3) is 5.14. The van der Waals surface area contributed by atoms with Crippen LogP contribution < -0.4 is 5.32 Å². The molecule has 0 unspecified atom stereocenters. The zero-order valence-electron chi connectivity index (χ0n) is 8.58. The first kappa shape index (κ1) is 11.7. The molecular formula is C12H13NOS. The maximum Gasteiger partial charge on any atom is 0.216 e. The Labute approximate surface area is 95.5 Å². The van der Waals surface area contributed by atoms with Crippen LogP contribution in [0.1, 0.15) is 18.9 Å². The van der Waals surface area contributed by atoms with Gasteiger partial charge in [-0.05, 0) is 24.3 Å². The van der Waals surface area contributed by atoms with Gasteiger partial charge in [0, 0.05) is 30.3 Å². The fraction of sp³-hybridized carbons (Fsp3) is 0.250. The minimum absolute atomic E-state index is 0.0174. The predicted octanol–water partition coefficient (Wildman–Crippen LogP) is 1.85. The molecule has 3 heteroatoms. The first-order valence-corrected chi connectivity index (χ1v) is 5.15. The van der Waals surface area contributed by atoms with Crippen molar-refractivity contribution < 1.29 is 4.79 Å². The number of carbonyl (C=O) groups excluding carboxylic acids is 1. The second-order valence-electron chi connectivity index (χ2n) is 3.08. The molecule has 1 amide bonds. The minimum atomic E-state index is -0.0174. The van der Waals surface area contributed by atoms with Crippen molar-refractivity contribution in [3.05, 3.63) is 29.8 Å². The van der Waals surface area contributed by atoms with Crippen LogP contribution in [0.3, 0.4) is 0 Å². The Bertz CT molecular complexity index is 386. The Morgan fingerprint density at radius 3 is 2.67 bits per heavy atom. The molecule has 1 N–H and O–H groups in total. The van der Waals surface area contributed by atoms with Crippen LogP contribution in [0.4, 0.5) is 0 Å². The van der Waals surface area contributed by atoms with Crippen LogP contribution in [0.25, 0.3) is 0 Å². The van der Waals surface area contributed by atoms with Gasteiger partial charge in [-0.1, -0.05) is 11.8 Å². The number of hydrogen-bond donors (Lipinski definition) is 2. The number of carbonyl (C=O) groups is 1. The lowest BCUT2D eigenvalue weighted by Gasteiger charge is -1.95. The molecule has 1 rings (SSSR count). The van der Waals surface area contributed by atoms with Gasteiger partial charge in [-0.2, -0.15) is 0 Å². The molecule has 0 radical (unpaired) electrons. The monoisotopic (exact) mass is 219 g/mol. The van der Waals surface area contributed by atoms with E-state index in [1.807, 2.05) is 24.3 Å². The molecule has 0 saturated carbocycles. The zero-order valence-corrected chi connectivity index (χ0v) is 9.47. The molecule has 15 heavy (non-hydrogen) atoms. The quantitative estimate of drug-likeness (QED) is 0.444. The fourth-order valence-electron chi connectivity index (χ4n) is 1.01. The maximum absolute atomic E-state index is 10.5. The lowest BCUT2D eigenvalue weighted by molar-refractivity contribution is -0.118. The Morgan fingerprint density at radius 1 is 1.40 bits per heavy atom. The summed E-state index contributed by atoms with van der Waals surface area (Å²) in [6, 6.07) is 7.66. The SMILES string of the molecule is CC(=O)NCCC#Cc1ccc(S)cc1. The van der Waals surface area contributed by atoms with Gasteiger partial charge in [0.1, 0.15) is 0 Å². The average molecular weight is 219 g/mol. The Balaban J connectivity index is 2.38. The first-order valence-electron chi connectivity index (χ1n) is 4.71. The summed E-state index contributed by atoms with van der Waals surface area (Å²) in [5.41, 5.74) is 0.968. The van der Waals surface area contributed by atoms with Crippen LogP contribution in [0.15, 0.2) is 29.2 Å². The molecule has 0 aliphatic carbocycles. The highest BCUT2D eigenvalue weighted by Crippen LogP contribution is 2.06. The van der Waals surface area contributed by atoms with Crippen LogP contribution in [-0.4, -0.2) is 12.5 Å². The second kappa shape index (κ2) is 6.15. The van der Waals surface area contributed by atoms with E-state index in [-0.39, 0.29) is 5.91 Å². The van der Waals surface area contributed by atoms with E-state index in [0.29, 0.717) is 13.0 Å². The number of amides is 1. The third-order valence-corrected chi connectivity index (χ3v) is 2.02. The molecule has 2 nitrogen and oxygen atoms in total. The average Bonchev–Trinajstić information content (AvgIpc) is 2.20. The van der Waals surface area contributed by atoms with Crippen molar-refractivity contribution in [1.29, 1.82) is 0 Å². The first-order chi connectivity index (χ1) is 7.18. The standard InChI is InChI=1S/C12H13NOS/c1-10(14)13-9-3-2-4-11-5-7-12(15)8-6-11/h5-8,15H,3,9H2,1H3,(H,13,14). The summed E-state index contributed by atoms with van der Waals surface area (Å²) in [7, 11) is 0. The summed E-state index contributed by atoms with van der Waals surface area (Å²) in [5, 5.41) is 2.69. The van der Waals surface area contributed by atoms with E-state index in [1.54, 1.807) is 0 Å². The van der Waals surface area contributed by atoms with Crippen molar-refractivity contribution in [3.8, 4) is 11.8 Å². The molecule has 1 aromatic rings. The number of benzene rings is 1. The maximum atomic E-state index is 10.5. The topological polar surface area (TPSA) is 29.1 Å². The minimum Gasteiger partial charge on any atom is -0.355 e. The van der Waals surface area contributed by atoms with Crippen molar-refractivity contribution in [1.82, 2.24) is 5.32 Å². The fourth-order valence-corrected chi connectivity index (χ4v) is 1.16. The largest absolute Gasteiger partial charge is 0.355 e. The Hall–Kier alpha value is -1.40. The van der Waals surface area contributed by atoms with Gasteiger partial charge in [0.05, 0.1) is 0 Å². The Morgan fingerprint density at radius 2 is 2.07 bits per heavy atom. The van der Waals surface area contributed by atoms with Crippen molar-refractivity contribution in [2.75, 3.05) is 6.54 Å². The highest BCUT2D eigenvalue weighted by Gasteiger charge is 1.88. The molecule has 0 fully saturated rings. The van der Waals surface area contributed by atoms with Gasteiger partial charge in [-0.15, -0.1) is 12.6 Å². The molecule has 78 valence electrons. The van der Waals surface area contributed by atoms with Crippen molar-refractivity contribution in [2.45, 2.75) is 18.2 Å². The van der Waals surface area contributed by atoms with Crippen LogP contribution in [0.5, 0.6) is 0 Å². The highest BCUT2D eigenvalue weighted by molar-refractivity contribution is 7.80. The summed E-state index contributed by atoms with van der Waals surface area (Å²) in [6.45, 7) is 2.10. The van der Waals surface area contributed by atoms with Gasteiger partial charge in [0.25, 0.3) is 0 Å². The van der Waals surface area contributed by atoms with Gasteiger partial charge in [0.15, 0.2) is 0 Å². The molecule has 0 heterocycles. The number of thiol groups is 1. The van der Waals surface area contributed by atoms with Crippen molar-refractivity contribution in [2.24, 2.45) is 0 Å². The smallest absolute Gasteiger partial charge is 0.216 e. The van der Waals surface area contributed by atoms with Crippen LogP contribution in [0, 0.1) is 11.8 Å². The molecule has 0 bridgehead atoms. The summed E-state index contributed by atoms with van der Waals surface area (Å²) in [6.07, 6.45) is 0.669. The molecule has 0 aliphatic heterocycles. The number of rotatable bonds is 2. The van der Waals surface area contributed by atoms with E-state index in [1.165, 1.54) is 6.92 Å². The van der Waals surface area contributed by atoms with Gasteiger partial charge in [-0.3, -0.25) is 4.79 Å². The number of nitrogens with one attached hydrogen (secondary N) is 1. The van der Waals surface area contributed by atoms with Crippen molar-refractivity contribution >= 4 is 18.5 Å². The summed E-state index contributed by atoms with van der Waals surface area (Å²) in [4.78, 5) is 11.5. The van der Waals surface area contributed by atoms with Crippen LogP contribution in [0.2, 0.25) is 0 Å². The molecule has 0 spiro atoms. The highest BCUT2D eigenvalue weighted by atomic mass is 32.1. The molecule has 1 aromatic carbocycles. The molecule has 0 saturated heterocycles. The summed E-state index contributed by atoms with van der Waals surface area (Å²) < 4.78 is 0. The normalized spacial score (nSPS) is 8.93. The van der Waals surface area contributed by atoms with E-state index in [2.05, 4.69) is 29.8 Å². The van der Waals surface area contributed by atoms with Crippen LogP contribution >= 0.6 is 12.6 Å². The van der Waals surface area contributed by atoms with Crippen molar-refractivity contribution in [3.63, 3.8) is 0 Å².